The van der Waals surface area contributed by atoms with E-state index < -0.39 is 29.8 Å². The fourth-order valence-electron chi connectivity index (χ4n) is 2.89. The molecule has 1 aliphatic rings. The summed E-state index contributed by atoms with van der Waals surface area (Å²) in [6, 6.07) is 10.6. The van der Waals surface area contributed by atoms with Gasteiger partial charge >= 0.3 is 5.97 Å². The first-order valence-corrected chi connectivity index (χ1v) is 9.49. The number of esters is 1. The van der Waals surface area contributed by atoms with Crippen LogP contribution in [0, 0.1) is 0 Å². The smallest absolute Gasteiger partial charge is 0.338 e. The molecule has 0 bridgehead atoms. The third-order valence-corrected chi connectivity index (χ3v) is 4.74. The van der Waals surface area contributed by atoms with E-state index >= 15 is 0 Å². The van der Waals surface area contributed by atoms with Crippen molar-refractivity contribution in [2.24, 2.45) is 0 Å². The Kier molecular flexibility index (Phi) is 5.98. The van der Waals surface area contributed by atoms with Crippen LogP contribution in [0.1, 0.15) is 51.3 Å². The van der Waals surface area contributed by atoms with Crippen LogP contribution in [0.5, 0.6) is 0 Å². The molecule has 2 aromatic carbocycles. The van der Waals surface area contributed by atoms with Crippen LogP contribution in [0.2, 0.25) is 5.02 Å². The molecule has 0 saturated carbocycles. The molecule has 150 valence electrons. The van der Waals surface area contributed by atoms with Crippen LogP contribution in [-0.4, -0.2) is 36.3 Å². The maximum Gasteiger partial charge on any atom is 0.338 e. The SMILES string of the molecule is CCCNC(=O)[C@@H](C)OC(=O)c1ccc2c(c1)C(=O)N(c1ccccc1Cl)C2=O. The van der Waals surface area contributed by atoms with E-state index in [0.29, 0.717) is 6.54 Å². The van der Waals surface area contributed by atoms with Crippen LogP contribution in [-0.2, 0) is 9.53 Å². The van der Waals surface area contributed by atoms with E-state index in [-0.39, 0.29) is 27.4 Å². The fraction of sp³-hybridized carbons (Fsp3) is 0.238. The first kappa shape index (κ1) is 20.5. The molecule has 29 heavy (non-hydrogen) atoms. The van der Waals surface area contributed by atoms with Gasteiger partial charge in [-0.2, -0.15) is 0 Å². The Balaban J connectivity index is 1.82. The zero-order chi connectivity index (χ0) is 21.1. The summed E-state index contributed by atoms with van der Waals surface area (Å²) >= 11 is 6.12. The summed E-state index contributed by atoms with van der Waals surface area (Å²) < 4.78 is 5.17. The van der Waals surface area contributed by atoms with E-state index in [9.17, 15) is 19.2 Å². The highest BCUT2D eigenvalue weighted by atomic mass is 35.5. The van der Waals surface area contributed by atoms with Gasteiger partial charge in [-0.25, -0.2) is 9.69 Å². The summed E-state index contributed by atoms with van der Waals surface area (Å²) in [4.78, 5) is 50.7. The van der Waals surface area contributed by atoms with Gasteiger partial charge in [0, 0.05) is 6.54 Å². The second kappa shape index (κ2) is 8.45. The van der Waals surface area contributed by atoms with Gasteiger partial charge in [-0.1, -0.05) is 30.7 Å². The predicted molar refractivity (Wildman–Crippen MR) is 107 cm³/mol. The maximum absolute atomic E-state index is 12.8. The quantitative estimate of drug-likeness (QED) is 0.578. The zero-order valence-electron chi connectivity index (χ0n) is 15.9. The number of anilines is 1. The van der Waals surface area contributed by atoms with Gasteiger partial charge in [-0.3, -0.25) is 14.4 Å². The van der Waals surface area contributed by atoms with Gasteiger partial charge < -0.3 is 10.1 Å². The lowest BCUT2D eigenvalue weighted by molar-refractivity contribution is -0.129. The van der Waals surface area contributed by atoms with Gasteiger partial charge in [0.05, 0.1) is 27.4 Å². The highest BCUT2D eigenvalue weighted by molar-refractivity contribution is 6.39. The number of ether oxygens (including phenoxy) is 1. The van der Waals surface area contributed by atoms with Crippen molar-refractivity contribution in [3.8, 4) is 0 Å². The largest absolute Gasteiger partial charge is 0.449 e. The van der Waals surface area contributed by atoms with Crippen LogP contribution in [0.3, 0.4) is 0 Å². The maximum atomic E-state index is 12.8. The molecule has 7 nitrogen and oxygen atoms in total. The molecule has 2 aromatic rings. The number of carbonyl (C=O) groups is 4. The topological polar surface area (TPSA) is 92.8 Å². The molecule has 8 heteroatoms. The number of rotatable bonds is 6. The van der Waals surface area contributed by atoms with Gasteiger partial charge in [0.2, 0.25) is 0 Å². The first-order valence-electron chi connectivity index (χ1n) is 9.11. The van der Waals surface area contributed by atoms with Gasteiger partial charge in [-0.15, -0.1) is 0 Å². The average Bonchev–Trinajstić information content (AvgIpc) is 2.96. The van der Waals surface area contributed by atoms with Crippen molar-refractivity contribution in [3.05, 3.63) is 64.2 Å². The van der Waals surface area contributed by atoms with Gasteiger partial charge in [0.1, 0.15) is 0 Å². The summed E-state index contributed by atoms with van der Waals surface area (Å²) in [5, 5.41) is 2.90. The molecule has 1 aliphatic heterocycles. The van der Waals surface area contributed by atoms with Gasteiger partial charge in [-0.05, 0) is 43.7 Å². The number of benzene rings is 2. The molecule has 0 aromatic heterocycles. The molecule has 0 fully saturated rings. The van der Waals surface area contributed by atoms with Crippen LogP contribution in [0.25, 0.3) is 0 Å². The summed E-state index contributed by atoms with van der Waals surface area (Å²) in [7, 11) is 0. The van der Waals surface area contributed by atoms with Crippen molar-refractivity contribution in [2.75, 3.05) is 11.4 Å². The molecule has 1 N–H and O–H groups in total. The Hall–Kier alpha value is -3.19. The number of nitrogens with zero attached hydrogens (tertiary/aromatic N) is 1. The van der Waals surface area contributed by atoms with Crippen molar-refractivity contribution >= 4 is 41.0 Å². The van der Waals surface area contributed by atoms with Crippen molar-refractivity contribution in [3.63, 3.8) is 0 Å². The number of halogens is 1. The molecule has 1 atom stereocenters. The number of hydrogen-bond donors (Lipinski definition) is 1. The Morgan fingerprint density at radius 2 is 1.79 bits per heavy atom. The lowest BCUT2D eigenvalue weighted by Gasteiger charge is -2.15. The molecule has 1 heterocycles. The highest BCUT2D eigenvalue weighted by Crippen LogP contribution is 2.33. The van der Waals surface area contributed by atoms with E-state index in [4.69, 9.17) is 16.3 Å². The highest BCUT2D eigenvalue weighted by Gasteiger charge is 2.38. The van der Waals surface area contributed by atoms with E-state index in [2.05, 4.69) is 5.32 Å². The Morgan fingerprint density at radius 3 is 2.48 bits per heavy atom. The first-order chi connectivity index (χ1) is 13.8. The number of nitrogens with one attached hydrogen (secondary N) is 1. The lowest BCUT2D eigenvalue weighted by Crippen LogP contribution is -2.36. The third kappa shape index (κ3) is 4.00. The molecule has 0 unspecified atom stereocenters. The lowest BCUT2D eigenvalue weighted by atomic mass is 10.1. The van der Waals surface area contributed by atoms with Crippen molar-refractivity contribution in [2.45, 2.75) is 26.4 Å². The zero-order valence-corrected chi connectivity index (χ0v) is 16.7. The number of fused-ring (bicyclic) bond motifs is 1. The molecule has 3 amide bonds. The Morgan fingerprint density at radius 1 is 1.10 bits per heavy atom. The third-order valence-electron chi connectivity index (χ3n) is 4.42. The monoisotopic (exact) mass is 414 g/mol. The summed E-state index contributed by atoms with van der Waals surface area (Å²) in [5.74, 6) is -2.27. The van der Waals surface area contributed by atoms with E-state index in [1.807, 2.05) is 6.92 Å². The number of carbonyl (C=O) groups excluding carboxylic acids is 4. The van der Waals surface area contributed by atoms with Crippen LogP contribution < -0.4 is 10.2 Å². The predicted octanol–water partition coefficient (Wildman–Crippen LogP) is 3.21. The molecule has 0 aliphatic carbocycles. The van der Waals surface area contributed by atoms with E-state index in [1.54, 1.807) is 24.3 Å². The minimum Gasteiger partial charge on any atom is -0.449 e. The molecule has 3 rings (SSSR count). The molecular weight excluding hydrogens is 396 g/mol. The number of amides is 3. The number of para-hydroxylation sites is 1. The summed E-state index contributed by atoms with van der Waals surface area (Å²) in [6.07, 6.45) is -0.228. The minimum absolute atomic E-state index is 0.0704. The van der Waals surface area contributed by atoms with Crippen molar-refractivity contribution < 1.29 is 23.9 Å². The van der Waals surface area contributed by atoms with Crippen LogP contribution >= 0.6 is 11.6 Å². The van der Waals surface area contributed by atoms with Crippen LogP contribution in [0.4, 0.5) is 5.69 Å². The molecule has 0 radical (unpaired) electrons. The molecular formula is C21H19ClN2O5. The van der Waals surface area contributed by atoms with Gasteiger partial charge in [0.15, 0.2) is 6.10 Å². The van der Waals surface area contributed by atoms with E-state index in [1.165, 1.54) is 25.1 Å². The second-order valence-electron chi connectivity index (χ2n) is 6.50. The Bertz CT molecular complexity index is 1000. The molecule has 0 spiro atoms. The summed E-state index contributed by atoms with van der Waals surface area (Å²) in [6.45, 7) is 3.85. The summed E-state index contributed by atoms with van der Waals surface area (Å²) in [5.41, 5.74) is 0.583. The van der Waals surface area contributed by atoms with Crippen molar-refractivity contribution in [1.82, 2.24) is 5.32 Å². The van der Waals surface area contributed by atoms with E-state index in [0.717, 1.165) is 11.3 Å². The minimum atomic E-state index is -0.987. The standard InChI is InChI=1S/C21H19ClN2O5/c1-3-10-23-18(25)12(2)29-21(28)13-8-9-14-15(11-13)20(27)24(19(14)26)17-7-5-4-6-16(17)22/h4-9,11-12H,3,10H2,1-2H3,(H,23,25)/t12-/m1/s1. The van der Waals surface area contributed by atoms with Crippen LogP contribution in [0.15, 0.2) is 42.5 Å². The molecule has 0 saturated heterocycles. The average molecular weight is 415 g/mol. The fourth-order valence-corrected chi connectivity index (χ4v) is 3.11. The Labute approximate surface area is 172 Å². The van der Waals surface area contributed by atoms with Gasteiger partial charge in [0.25, 0.3) is 17.7 Å². The van der Waals surface area contributed by atoms with Crippen molar-refractivity contribution in [1.29, 1.82) is 0 Å². The normalized spacial score (nSPS) is 13.8. The number of imide groups is 1. The second-order valence-corrected chi connectivity index (χ2v) is 6.90. The number of hydrogen-bond acceptors (Lipinski definition) is 5.